The van der Waals surface area contributed by atoms with E-state index < -0.39 is 5.82 Å². The molecule has 0 unspecified atom stereocenters. The van der Waals surface area contributed by atoms with Crippen molar-refractivity contribution in [3.8, 4) is 17.1 Å². The summed E-state index contributed by atoms with van der Waals surface area (Å²) in [5, 5.41) is 2.99. The molecule has 1 saturated carbocycles. The van der Waals surface area contributed by atoms with Crippen molar-refractivity contribution < 1.29 is 18.7 Å². The summed E-state index contributed by atoms with van der Waals surface area (Å²) in [6, 6.07) is -0.0820. The van der Waals surface area contributed by atoms with Gasteiger partial charge in [-0.15, -0.1) is 0 Å². The molecule has 2 aliphatic heterocycles. The van der Waals surface area contributed by atoms with Gasteiger partial charge in [-0.1, -0.05) is 0 Å². The van der Waals surface area contributed by atoms with E-state index in [-0.39, 0.29) is 35.7 Å². The van der Waals surface area contributed by atoms with Crippen LogP contribution in [-0.2, 0) is 4.74 Å². The van der Waals surface area contributed by atoms with Crippen LogP contribution >= 0.6 is 0 Å². The van der Waals surface area contributed by atoms with E-state index in [4.69, 9.17) is 15.2 Å². The highest BCUT2D eigenvalue weighted by molar-refractivity contribution is 5.74. The van der Waals surface area contributed by atoms with Crippen molar-refractivity contribution in [2.75, 3.05) is 70.2 Å². The van der Waals surface area contributed by atoms with Gasteiger partial charge in [0.2, 0.25) is 17.7 Å². The lowest BCUT2D eigenvalue weighted by atomic mass is 9.88. The molecule has 2 saturated heterocycles. The fourth-order valence-electron chi connectivity index (χ4n) is 4.78. The zero-order valence-corrected chi connectivity index (χ0v) is 21.1. The Morgan fingerprint density at radius 3 is 2.59 bits per heavy atom. The number of ether oxygens (including phenoxy) is 2. The Labute approximate surface area is 215 Å². The fourth-order valence-corrected chi connectivity index (χ4v) is 4.78. The number of urea groups is 1. The number of likely N-dealkylation sites (tertiary alicyclic amines) is 1. The summed E-state index contributed by atoms with van der Waals surface area (Å²) in [4.78, 5) is 35.3. The molecule has 37 heavy (non-hydrogen) atoms. The summed E-state index contributed by atoms with van der Waals surface area (Å²) in [5.74, 6) is -0.351. The molecule has 0 aromatic carbocycles. The molecule has 0 atom stereocenters. The van der Waals surface area contributed by atoms with Crippen molar-refractivity contribution in [3.05, 3.63) is 18.2 Å². The lowest BCUT2D eigenvalue weighted by molar-refractivity contribution is 0.0376. The molecule has 5 rings (SSSR count). The van der Waals surface area contributed by atoms with Gasteiger partial charge in [0, 0.05) is 70.1 Å². The summed E-state index contributed by atoms with van der Waals surface area (Å²) in [6.07, 6.45) is 6.23. The van der Waals surface area contributed by atoms with Gasteiger partial charge in [-0.3, -0.25) is 0 Å². The van der Waals surface area contributed by atoms with Gasteiger partial charge >= 0.3 is 6.03 Å². The van der Waals surface area contributed by atoms with E-state index in [0.717, 1.165) is 19.6 Å². The molecular formula is C24H34FN9O3. The molecule has 3 aliphatic rings. The minimum Gasteiger partial charge on any atom is -0.472 e. The van der Waals surface area contributed by atoms with Crippen LogP contribution < -0.4 is 20.7 Å². The molecule has 13 heteroatoms. The third-order valence-electron chi connectivity index (χ3n) is 7.17. The van der Waals surface area contributed by atoms with Crippen LogP contribution in [0.4, 0.5) is 21.1 Å². The predicted octanol–water partition coefficient (Wildman–Crippen LogP) is 1.14. The second-order valence-corrected chi connectivity index (χ2v) is 9.68. The molecule has 0 spiro atoms. The summed E-state index contributed by atoms with van der Waals surface area (Å²) in [7, 11) is 1.78. The Morgan fingerprint density at radius 2 is 1.89 bits per heavy atom. The Kier molecular flexibility index (Phi) is 7.79. The van der Waals surface area contributed by atoms with Gasteiger partial charge in [-0.25, -0.2) is 19.7 Å². The summed E-state index contributed by atoms with van der Waals surface area (Å²) >= 11 is 0. The monoisotopic (exact) mass is 515 g/mol. The number of hydrogen-bond donors (Lipinski definition) is 2. The van der Waals surface area contributed by atoms with Gasteiger partial charge in [0.05, 0.1) is 13.2 Å². The minimum absolute atomic E-state index is 0.0189. The van der Waals surface area contributed by atoms with Gasteiger partial charge < -0.3 is 35.2 Å². The van der Waals surface area contributed by atoms with Crippen LogP contribution in [0.25, 0.3) is 11.3 Å². The number of carbonyl (C=O) groups excluding carboxylic acids is 1. The molecule has 3 fully saturated rings. The molecule has 2 aromatic heterocycles. The Hall–Kier alpha value is -3.32. The summed E-state index contributed by atoms with van der Waals surface area (Å²) in [5.41, 5.74) is 6.03. The topological polar surface area (TPSA) is 135 Å². The summed E-state index contributed by atoms with van der Waals surface area (Å²) < 4.78 is 26.9. The SMILES string of the molecule is CN(C(=O)NCCN1CCCC1)C1CC(Oc2nc(N3CCOCC3)nc(-c3cnc(N)nc3)c2F)C1. The van der Waals surface area contributed by atoms with Crippen molar-refractivity contribution in [1.29, 1.82) is 0 Å². The van der Waals surface area contributed by atoms with E-state index in [1.807, 2.05) is 4.90 Å². The Balaban J connectivity index is 1.22. The first kappa shape index (κ1) is 25.3. The van der Waals surface area contributed by atoms with E-state index in [2.05, 4.69) is 30.2 Å². The number of carbonyl (C=O) groups is 1. The Morgan fingerprint density at radius 1 is 1.19 bits per heavy atom. The number of rotatable bonds is 8. The maximum Gasteiger partial charge on any atom is 0.317 e. The quantitative estimate of drug-likeness (QED) is 0.527. The van der Waals surface area contributed by atoms with E-state index in [1.165, 1.54) is 25.2 Å². The van der Waals surface area contributed by atoms with E-state index in [0.29, 0.717) is 57.2 Å². The van der Waals surface area contributed by atoms with Crippen molar-refractivity contribution in [1.82, 2.24) is 35.1 Å². The molecular weight excluding hydrogens is 481 g/mol. The zero-order chi connectivity index (χ0) is 25.8. The van der Waals surface area contributed by atoms with E-state index in [9.17, 15) is 4.79 Å². The number of hydrogen-bond acceptors (Lipinski definition) is 10. The number of nitrogens with one attached hydrogen (secondary N) is 1. The number of aromatic nitrogens is 4. The maximum absolute atomic E-state index is 15.5. The molecule has 2 amide bonds. The lowest BCUT2D eigenvalue weighted by Gasteiger charge is -2.40. The van der Waals surface area contributed by atoms with Crippen LogP contribution in [0.15, 0.2) is 12.4 Å². The van der Waals surface area contributed by atoms with Crippen molar-refractivity contribution in [2.45, 2.75) is 37.8 Å². The van der Waals surface area contributed by atoms with Crippen molar-refractivity contribution >= 4 is 17.9 Å². The number of nitrogens with zero attached hydrogens (tertiary/aromatic N) is 7. The van der Waals surface area contributed by atoms with Crippen LogP contribution in [0, 0.1) is 5.82 Å². The summed E-state index contributed by atoms with van der Waals surface area (Å²) in [6.45, 7) is 5.96. The van der Waals surface area contributed by atoms with E-state index in [1.54, 1.807) is 11.9 Å². The third kappa shape index (κ3) is 5.99. The second-order valence-electron chi connectivity index (χ2n) is 9.68. The molecule has 2 aromatic rings. The van der Waals surface area contributed by atoms with Gasteiger partial charge in [0.1, 0.15) is 11.8 Å². The lowest BCUT2D eigenvalue weighted by Crippen LogP contribution is -2.53. The predicted molar refractivity (Wildman–Crippen MR) is 135 cm³/mol. The van der Waals surface area contributed by atoms with Crippen molar-refractivity contribution in [2.24, 2.45) is 0 Å². The first-order valence-electron chi connectivity index (χ1n) is 12.9. The van der Waals surface area contributed by atoms with Crippen LogP contribution in [0.2, 0.25) is 0 Å². The van der Waals surface area contributed by atoms with Crippen LogP contribution in [0.3, 0.4) is 0 Å². The highest BCUT2D eigenvalue weighted by Crippen LogP contribution is 2.33. The first-order valence-corrected chi connectivity index (χ1v) is 12.9. The largest absolute Gasteiger partial charge is 0.472 e. The standard InChI is InChI=1S/C24H34FN9O3/c1-32(24(35)27-4-7-33-5-2-3-6-33)17-12-18(13-17)37-21-19(25)20(16-14-28-22(26)29-15-16)30-23(31-21)34-8-10-36-11-9-34/h14-15,17-18H,2-13H2,1H3,(H,27,35)(H2,26,28,29). The number of amides is 2. The van der Waals surface area contributed by atoms with Gasteiger partial charge in [0.15, 0.2) is 0 Å². The fraction of sp³-hybridized carbons (Fsp3) is 0.625. The molecule has 0 bridgehead atoms. The number of nitrogen functional groups attached to an aromatic ring is 1. The van der Waals surface area contributed by atoms with Gasteiger partial charge in [0.25, 0.3) is 5.88 Å². The normalized spacial score (nSPS) is 21.9. The van der Waals surface area contributed by atoms with Gasteiger partial charge in [-0.05, 0) is 25.9 Å². The minimum atomic E-state index is -0.679. The van der Waals surface area contributed by atoms with Crippen LogP contribution in [-0.4, -0.2) is 107 Å². The first-order chi connectivity index (χ1) is 18.0. The highest BCUT2D eigenvalue weighted by Gasteiger charge is 2.37. The smallest absolute Gasteiger partial charge is 0.317 e. The molecule has 0 radical (unpaired) electrons. The van der Waals surface area contributed by atoms with E-state index >= 15 is 4.39 Å². The molecule has 4 heterocycles. The molecule has 12 nitrogen and oxygen atoms in total. The van der Waals surface area contributed by atoms with Crippen molar-refractivity contribution in [3.63, 3.8) is 0 Å². The Bertz CT molecular complexity index is 1070. The molecule has 3 N–H and O–H groups in total. The number of anilines is 2. The van der Waals surface area contributed by atoms with Crippen LogP contribution in [0.5, 0.6) is 5.88 Å². The highest BCUT2D eigenvalue weighted by atomic mass is 19.1. The number of halogens is 1. The molecule has 1 aliphatic carbocycles. The second kappa shape index (κ2) is 11.4. The maximum atomic E-state index is 15.5. The number of nitrogens with two attached hydrogens (primary N) is 1. The zero-order valence-electron chi connectivity index (χ0n) is 21.1. The average molecular weight is 516 g/mol. The van der Waals surface area contributed by atoms with Gasteiger partial charge in [-0.2, -0.15) is 9.37 Å². The molecule has 200 valence electrons. The third-order valence-corrected chi connectivity index (χ3v) is 7.17. The average Bonchev–Trinajstić information content (AvgIpc) is 3.41. The van der Waals surface area contributed by atoms with Crippen LogP contribution in [0.1, 0.15) is 25.7 Å². The number of morpholine rings is 1.